The van der Waals surface area contributed by atoms with Gasteiger partial charge in [0.2, 0.25) is 0 Å². The molecule has 0 unspecified atom stereocenters. The first-order valence-electron chi connectivity index (χ1n) is 7.13. The Kier molecular flexibility index (Phi) is 6.93. The molecule has 0 heterocycles. The predicted octanol–water partition coefficient (Wildman–Crippen LogP) is 1.57. The van der Waals surface area contributed by atoms with Crippen molar-refractivity contribution >= 4 is 5.91 Å². The Morgan fingerprint density at radius 3 is 2.62 bits per heavy atom. The molecule has 0 radical (unpaired) electrons. The highest BCUT2D eigenvalue weighted by atomic mass is 16.3. The van der Waals surface area contributed by atoms with E-state index in [0.717, 1.165) is 5.56 Å². The minimum absolute atomic E-state index is 0.0522. The molecule has 0 aliphatic rings. The van der Waals surface area contributed by atoms with Crippen LogP contribution in [0.25, 0.3) is 0 Å². The van der Waals surface area contributed by atoms with E-state index in [2.05, 4.69) is 11.8 Å². The number of aryl methyl sites for hydroxylation is 1. The molecule has 0 saturated heterocycles. The van der Waals surface area contributed by atoms with Crippen LogP contribution < -0.4 is 0 Å². The minimum Gasteiger partial charge on any atom is -0.396 e. The van der Waals surface area contributed by atoms with Gasteiger partial charge in [-0.2, -0.15) is 0 Å². The fraction of sp³-hybridized carbons (Fsp3) is 0.471. The van der Waals surface area contributed by atoms with E-state index < -0.39 is 0 Å². The number of carbonyl (C=O) groups is 1. The third-order valence-electron chi connectivity index (χ3n) is 3.22. The smallest absolute Gasteiger partial charge is 0.254 e. The summed E-state index contributed by atoms with van der Waals surface area (Å²) >= 11 is 0. The monoisotopic (exact) mass is 289 g/mol. The predicted molar refractivity (Wildman–Crippen MR) is 83.0 cm³/mol. The number of aliphatic hydroxyl groups excluding tert-OH is 2. The SMILES string of the molecule is Cc1ccc(C#CCO)cc1C(=O)N(CCCO)C(C)C. The van der Waals surface area contributed by atoms with Crippen LogP contribution in [0.15, 0.2) is 18.2 Å². The molecule has 0 aromatic heterocycles. The maximum absolute atomic E-state index is 12.7. The van der Waals surface area contributed by atoms with Crippen LogP contribution in [0.2, 0.25) is 0 Å². The van der Waals surface area contributed by atoms with Crippen molar-refractivity contribution in [2.45, 2.75) is 33.2 Å². The maximum Gasteiger partial charge on any atom is 0.254 e. The number of carbonyl (C=O) groups excluding carboxylic acids is 1. The number of rotatable bonds is 5. The summed E-state index contributed by atoms with van der Waals surface area (Å²) in [7, 11) is 0. The summed E-state index contributed by atoms with van der Waals surface area (Å²) in [6.45, 7) is 6.20. The van der Waals surface area contributed by atoms with Gasteiger partial charge in [-0.15, -0.1) is 0 Å². The zero-order valence-electron chi connectivity index (χ0n) is 12.9. The highest BCUT2D eigenvalue weighted by Gasteiger charge is 2.20. The van der Waals surface area contributed by atoms with Crippen molar-refractivity contribution in [3.05, 3.63) is 34.9 Å². The van der Waals surface area contributed by atoms with Gasteiger partial charge in [-0.05, 0) is 44.9 Å². The summed E-state index contributed by atoms with van der Waals surface area (Å²) in [6.07, 6.45) is 0.562. The molecule has 0 spiro atoms. The van der Waals surface area contributed by atoms with Gasteiger partial charge >= 0.3 is 0 Å². The first-order valence-corrected chi connectivity index (χ1v) is 7.13. The molecule has 4 heteroatoms. The zero-order valence-corrected chi connectivity index (χ0v) is 12.9. The van der Waals surface area contributed by atoms with Crippen LogP contribution in [0.3, 0.4) is 0 Å². The van der Waals surface area contributed by atoms with Crippen LogP contribution in [0.4, 0.5) is 0 Å². The van der Waals surface area contributed by atoms with Crippen molar-refractivity contribution < 1.29 is 15.0 Å². The Labute approximate surface area is 126 Å². The van der Waals surface area contributed by atoms with Gasteiger partial charge in [0.15, 0.2) is 0 Å². The van der Waals surface area contributed by atoms with Crippen LogP contribution >= 0.6 is 0 Å². The molecule has 1 amide bonds. The van der Waals surface area contributed by atoms with E-state index in [0.29, 0.717) is 24.1 Å². The number of benzene rings is 1. The normalized spacial score (nSPS) is 10.2. The fourth-order valence-corrected chi connectivity index (χ4v) is 2.06. The maximum atomic E-state index is 12.7. The van der Waals surface area contributed by atoms with Crippen molar-refractivity contribution in [1.82, 2.24) is 4.90 Å². The Hall–Kier alpha value is -1.83. The van der Waals surface area contributed by atoms with E-state index >= 15 is 0 Å². The van der Waals surface area contributed by atoms with Crippen LogP contribution in [0, 0.1) is 18.8 Å². The van der Waals surface area contributed by atoms with Gasteiger partial charge in [-0.3, -0.25) is 4.79 Å². The molecule has 0 aliphatic carbocycles. The van der Waals surface area contributed by atoms with E-state index in [9.17, 15) is 4.79 Å². The molecule has 21 heavy (non-hydrogen) atoms. The number of nitrogens with zero attached hydrogens (tertiary/aromatic N) is 1. The molecule has 2 N–H and O–H groups in total. The number of hydrogen-bond donors (Lipinski definition) is 2. The second kappa shape index (κ2) is 8.46. The highest BCUT2D eigenvalue weighted by molar-refractivity contribution is 5.96. The lowest BCUT2D eigenvalue weighted by Crippen LogP contribution is -2.38. The fourth-order valence-electron chi connectivity index (χ4n) is 2.06. The molecule has 1 rings (SSSR count). The summed E-state index contributed by atoms with van der Waals surface area (Å²) in [5, 5.41) is 17.7. The molecule has 1 aromatic carbocycles. The number of amides is 1. The molecule has 1 aromatic rings. The Bertz CT molecular complexity index is 541. The largest absolute Gasteiger partial charge is 0.396 e. The molecule has 0 saturated carbocycles. The molecule has 114 valence electrons. The molecule has 4 nitrogen and oxygen atoms in total. The molecule has 0 bridgehead atoms. The topological polar surface area (TPSA) is 60.8 Å². The van der Waals surface area contributed by atoms with Crippen LogP contribution in [-0.4, -0.2) is 46.8 Å². The summed E-state index contributed by atoms with van der Waals surface area (Å²) in [5.74, 6) is 5.35. The molecular formula is C17H23NO3. The first kappa shape index (κ1) is 17.2. The third kappa shape index (κ3) is 4.89. The summed E-state index contributed by atoms with van der Waals surface area (Å²) in [6, 6.07) is 5.52. The average molecular weight is 289 g/mol. The third-order valence-corrected chi connectivity index (χ3v) is 3.22. The lowest BCUT2D eigenvalue weighted by atomic mass is 10.0. The van der Waals surface area contributed by atoms with Crippen LogP contribution in [-0.2, 0) is 0 Å². The molecule has 0 aliphatic heterocycles. The number of aliphatic hydroxyl groups is 2. The second-order valence-electron chi connectivity index (χ2n) is 5.16. The number of hydrogen-bond acceptors (Lipinski definition) is 3. The van der Waals surface area contributed by atoms with Gasteiger partial charge in [0.1, 0.15) is 6.61 Å². The Balaban J connectivity index is 3.08. The van der Waals surface area contributed by atoms with Crippen molar-refractivity contribution in [3.8, 4) is 11.8 Å². The highest BCUT2D eigenvalue weighted by Crippen LogP contribution is 2.15. The van der Waals surface area contributed by atoms with Gasteiger partial charge in [0.05, 0.1) is 0 Å². The van der Waals surface area contributed by atoms with Crippen LogP contribution in [0.5, 0.6) is 0 Å². The quantitative estimate of drug-likeness (QED) is 0.809. The summed E-state index contributed by atoms with van der Waals surface area (Å²) in [4.78, 5) is 14.4. The van der Waals surface area contributed by atoms with Crippen LogP contribution in [0.1, 0.15) is 41.8 Å². The van der Waals surface area contributed by atoms with E-state index in [1.54, 1.807) is 11.0 Å². The molecule has 0 atom stereocenters. The van der Waals surface area contributed by atoms with Gasteiger partial charge in [0, 0.05) is 30.3 Å². The van der Waals surface area contributed by atoms with Gasteiger partial charge in [-0.1, -0.05) is 17.9 Å². The Morgan fingerprint density at radius 1 is 1.33 bits per heavy atom. The van der Waals surface area contributed by atoms with Crippen molar-refractivity contribution in [2.75, 3.05) is 19.8 Å². The zero-order chi connectivity index (χ0) is 15.8. The summed E-state index contributed by atoms with van der Waals surface area (Å²) in [5.41, 5.74) is 2.22. The van der Waals surface area contributed by atoms with E-state index in [-0.39, 0.29) is 25.2 Å². The Morgan fingerprint density at radius 2 is 2.05 bits per heavy atom. The molecular weight excluding hydrogens is 266 g/mol. The van der Waals surface area contributed by atoms with Gasteiger partial charge in [-0.25, -0.2) is 0 Å². The van der Waals surface area contributed by atoms with E-state index in [1.165, 1.54) is 0 Å². The van der Waals surface area contributed by atoms with E-state index in [4.69, 9.17) is 10.2 Å². The molecule has 0 fully saturated rings. The minimum atomic E-state index is -0.203. The van der Waals surface area contributed by atoms with E-state index in [1.807, 2.05) is 32.9 Å². The van der Waals surface area contributed by atoms with Crippen molar-refractivity contribution in [2.24, 2.45) is 0 Å². The first-order chi connectivity index (χ1) is 10.0. The second-order valence-corrected chi connectivity index (χ2v) is 5.16. The van der Waals surface area contributed by atoms with Crippen molar-refractivity contribution in [3.63, 3.8) is 0 Å². The lowest BCUT2D eigenvalue weighted by molar-refractivity contribution is 0.0692. The average Bonchev–Trinajstić information content (AvgIpc) is 2.46. The lowest BCUT2D eigenvalue weighted by Gasteiger charge is -2.27. The van der Waals surface area contributed by atoms with Gasteiger partial charge < -0.3 is 15.1 Å². The standard InChI is InChI=1S/C17H23NO3/c1-13(2)18(9-5-11-20)17(21)16-12-15(6-4-10-19)8-7-14(16)3/h7-8,12-13,19-20H,5,9-11H2,1-3H3. The summed E-state index contributed by atoms with van der Waals surface area (Å²) < 4.78 is 0. The van der Waals surface area contributed by atoms with Crippen molar-refractivity contribution in [1.29, 1.82) is 0 Å². The van der Waals surface area contributed by atoms with Gasteiger partial charge in [0.25, 0.3) is 5.91 Å².